The van der Waals surface area contributed by atoms with Gasteiger partial charge in [-0.05, 0) is 41.0 Å². The lowest BCUT2D eigenvalue weighted by Crippen LogP contribution is -2.29. The van der Waals surface area contributed by atoms with E-state index in [-0.39, 0.29) is 11.3 Å². The highest BCUT2D eigenvalue weighted by Gasteiger charge is 2.15. The van der Waals surface area contributed by atoms with Crippen LogP contribution >= 0.6 is 0 Å². The third kappa shape index (κ3) is 4.12. The van der Waals surface area contributed by atoms with Gasteiger partial charge in [-0.1, -0.05) is 26.8 Å². The van der Waals surface area contributed by atoms with Crippen LogP contribution in [0.25, 0.3) is 10.9 Å². The van der Waals surface area contributed by atoms with Gasteiger partial charge in [0.15, 0.2) is 0 Å². The van der Waals surface area contributed by atoms with Crippen LogP contribution in [0, 0.1) is 5.41 Å². The second-order valence-electron chi connectivity index (χ2n) is 6.24. The van der Waals surface area contributed by atoms with Crippen LogP contribution in [0.4, 0.5) is 0 Å². The molecule has 0 aliphatic heterocycles. The molecule has 0 aliphatic carbocycles. The molecular weight excluding hydrogens is 236 g/mol. The molecule has 0 saturated heterocycles. The van der Waals surface area contributed by atoms with Crippen molar-refractivity contribution in [2.75, 3.05) is 6.54 Å². The Morgan fingerprint density at radius 2 is 2.05 bits per heavy atom. The van der Waals surface area contributed by atoms with E-state index < -0.39 is 0 Å². The van der Waals surface area contributed by atoms with Gasteiger partial charge >= 0.3 is 0 Å². The predicted molar refractivity (Wildman–Crippen MR) is 79.1 cm³/mol. The SMILES string of the molecule is CC(C)(C)CC(=O)NCCc1ccc2[nH]ccc2c1. The predicted octanol–water partition coefficient (Wildman–Crippen LogP) is 3.26. The number of nitrogens with one attached hydrogen (secondary N) is 2. The highest BCUT2D eigenvalue weighted by atomic mass is 16.1. The molecule has 0 unspecified atom stereocenters. The maximum Gasteiger partial charge on any atom is 0.220 e. The standard InChI is InChI=1S/C16H22N2O/c1-16(2,3)11-15(19)18-8-6-12-4-5-14-13(10-12)7-9-17-14/h4-5,7,9-10,17H,6,8,11H2,1-3H3,(H,18,19). The number of carbonyl (C=O) groups excluding carboxylic acids is 1. The molecule has 3 nitrogen and oxygen atoms in total. The molecule has 0 aliphatic rings. The fourth-order valence-corrected chi connectivity index (χ4v) is 2.15. The van der Waals surface area contributed by atoms with Crippen LogP contribution in [0.1, 0.15) is 32.8 Å². The monoisotopic (exact) mass is 258 g/mol. The van der Waals surface area contributed by atoms with Gasteiger partial charge in [-0.2, -0.15) is 0 Å². The lowest BCUT2D eigenvalue weighted by atomic mass is 9.92. The summed E-state index contributed by atoms with van der Waals surface area (Å²) in [5.41, 5.74) is 2.46. The molecule has 0 bridgehead atoms. The van der Waals surface area contributed by atoms with Crippen LogP contribution in [-0.4, -0.2) is 17.4 Å². The first kappa shape index (κ1) is 13.7. The van der Waals surface area contributed by atoms with E-state index in [0.717, 1.165) is 11.9 Å². The fourth-order valence-electron chi connectivity index (χ4n) is 2.15. The van der Waals surface area contributed by atoms with Gasteiger partial charge in [-0.25, -0.2) is 0 Å². The summed E-state index contributed by atoms with van der Waals surface area (Å²) in [6.07, 6.45) is 3.39. The Morgan fingerprint density at radius 1 is 1.26 bits per heavy atom. The highest BCUT2D eigenvalue weighted by Crippen LogP contribution is 2.18. The maximum absolute atomic E-state index is 11.7. The van der Waals surface area contributed by atoms with Gasteiger partial charge in [-0.15, -0.1) is 0 Å². The Hall–Kier alpha value is -1.77. The molecule has 1 aromatic heterocycles. The van der Waals surface area contributed by atoms with Gasteiger partial charge in [0.25, 0.3) is 0 Å². The Morgan fingerprint density at radius 3 is 2.79 bits per heavy atom. The van der Waals surface area contributed by atoms with Crippen molar-refractivity contribution in [2.24, 2.45) is 5.41 Å². The van der Waals surface area contributed by atoms with Crippen LogP contribution in [0.2, 0.25) is 0 Å². The molecule has 2 rings (SSSR count). The smallest absolute Gasteiger partial charge is 0.220 e. The van der Waals surface area contributed by atoms with E-state index in [0.29, 0.717) is 13.0 Å². The Balaban J connectivity index is 1.83. The molecule has 1 amide bonds. The molecule has 2 N–H and O–H groups in total. The maximum atomic E-state index is 11.7. The molecule has 2 aromatic rings. The number of aromatic nitrogens is 1. The number of rotatable bonds is 4. The summed E-state index contributed by atoms with van der Waals surface area (Å²) < 4.78 is 0. The van der Waals surface area contributed by atoms with Crippen LogP contribution in [0.5, 0.6) is 0 Å². The fraction of sp³-hybridized carbons (Fsp3) is 0.438. The van der Waals surface area contributed by atoms with Crippen LogP contribution < -0.4 is 5.32 Å². The second-order valence-corrected chi connectivity index (χ2v) is 6.24. The quantitative estimate of drug-likeness (QED) is 0.868. The number of H-pyrrole nitrogens is 1. The third-order valence-electron chi connectivity index (χ3n) is 3.04. The minimum Gasteiger partial charge on any atom is -0.361 e. The Labute approximate surface area is 114 Å². The van der Waals surface area contributed by atoms with E-state index in [9.17, 15) is 4.79 Å². The minimum absolute atomic E-state index is 0.0497. The third-order valence-corrected chi connectivity index (χ3v) is 3.04. The minimum atomic E-state index is 0.0497. The number of fused-ring (bicyclic) bond motifs is 1. The zero-order valence-electron chi connectivity index (χ0n) is 11.9. The summed E-state index contributed by atoms with van der Waals surface area (Å²) in [7, 11) is 0. The second kappa shape index (κ2) is 5.47. The van der Waals surface area contributed by atoms with Crippen molar-refractivity contribution in [3.63, 3.8) is 0 Å². The number of aromatic amines is 1. The van der Waals surface area contributed by atoms with Crippen LogP contribution in [0.3, 0.4) is 0 Å². The molecule has 3 heteroatoms. The van der Waals surface area contributed by atoms with Crippen molar-refractivity contribution in [2.45, 2.75) is 33.6 Å². The van der Waals surface area contributed by atoms with E-state index in [2.05, 4.69) is 55.3 Å². The average molecular weight is 258 g/mol. The Kier molecular flexibility index (Phi) is 3.93. The summed E-state index contributed by atoms with van der Waals surface area (Å²) in [6, 6.07) is 8.43. The van der Waals surface area contributed by atoms with Gasteiger partial charge in [0.2, 0.25) is 5.91 Å². The topological polar surface area (TPSA) is 44.9 Å². The lowest BCUT2D eigenvalue weighted by molar-refractivity contribution is -0.122. The van der Waals surface area contributed by atoms with E-state index in [1.165, 1.54) is 10.9 Å². The van der Waals surface area contributed by atoms with E-state index in [1.54, 1.807) is 0 Å². The van der Waals surface area contributed by atoms with Crippen molar-refractivity contribution >= 4 is 16.8 Å². The molecule has 0 saturated carbocycles. The number of carbonyl (C=O) groups is 1. The zero-order chi connectivity index (χ0) is 13.9. The molecule has 1 aromatic carbocycles. The lowest BCUT2D eigenvalue weighted by Gasteiger charge is -2.17. The molecule has 19 heavy (non-hydrogen) atoms. The number of hydrogen-bond acceptors (Lipinski definition) is 1. The first-order valence-electron chi connectivity index (χ1n) is 6.77. The van der Waals surface area contributed by atoms with E-state index in [1.807, 2.05) is 6.20 Å². The normalized spacial score (nSPS) is 11.7. The molecule has 1 heterocycles. The van der Waals surface area contributed by atoms with Gasteiger partial charge in [0.05, 0.1) is 0 Å². The van der Waals surface area contributed by atoms with Gasteiger partial charge in [0, 0.05) is 24.7 Å². The molecular formula is C16H22N2O. The molecule has 0 radical (unpaired) electrons. The first-order valence-corrected chi connectivity index (χ1v) is 6.77. The summed E-state index contributed by atoms with van der Waals surface area (Å²) in [5.74, 6) is 0.134. The summed E-state index contributed by atoms with van der Waals surface area (Å²) >= 11 is 0. The largest absolute Gasteiger partial charge is 0.361 e. The average Bonchev–Trinajstić information content (AvgIpc) is 2.73. The van der Waals surface area contributed by atoms with Crippen molar-refractivity contribution in [1.29, 1.82) is 0 Å². The van der Waals surface area contributed by atoms with Crippen LogP contribution in [0.15, 0.2) is 30.5 Å². The number of amides is 1. The number of benzene rings is 1. The van der Waals surface area contributed by atoms with Gasteiger partial charge in [0.1, 0.15) is 0 Å². The van der Waals surface area contributed by atoms with Crippen molar-refractivity contribution in [1.82, 2.24) is 10.3 Å². The molecule has 0 fully saturated rings. The summed E-state index contributed by atoms with van der Waals surface area (Å²) in [4.78, 5) is 14.9. The van der Waals surface area contributed by atoms with Gasteiger partial charge < -0.3 is 10.3 Å². The summed E-state index contributed by atoms with van der Waals surface area (Å²) in [6.45, 7) is 6.93. The molecule has 0 spiro atoms. The van der Waals surface area contributed by atoms with Crippen molar-refractivity contribution in [3.8, 4) is 0 Å². The van der Waals surface area contributed by atoms with Crippen LogP contribution in [-0.2, 0) is 11.2 Å². The zero-order valence-corrected chi connectivity index (χ0v) is 11.9. The number of hydrogen-bond donors (Lipinski definition) is 2. The van der Waals surface area contributed by atoms with Gasteiger partial charge in [-0.3, -0.25) is 4.79 Å². The summed E-state index contributed by atoms with van der Waals surface area (Å²) in [5, 5.41) is 4.20. The van der Waals surface area contributed by atoms with Crippen molar-refractivity contribution < 1.29 is 4.79 Å². The van der Waals surface area contributed by atoms with E-state index >= 15 is 0 Å². The first-order chi connectivity index (χ1) is 8.94. The molecule has 0 atom stereocenters. The Bertz CT molecular complexity index is 563. The van der Waals surface area contributed by atoms with Crippen molar-refractivity contribution in [3.05, 3.63) is 36.0 Å². The highest BCUT2D eigenvalue weighted by molar-refractivity contribution is 5.80. The molecule has 102 valence electrons. The van der Waals surface area contributed by atoms with E-state index in [4.69, 9.17) is 0 Å².